The number of benzene rings is 1. The van der Waals surface area contributed by atoms with Crippen molar-refractivity contribution in [1.82, 2.24) is 30.0 Å². The summed E-state index contributed by atoms with van der Waals surface area (Å²) in [4.78, 5) is 4.77. The Hall–Kier alpha value is -1.54. The summed E-state index contributed by atoms with van der Waals surface area (Å²) in [7, 11) is 2.16. The van der Waals surface area contributed by atoms with Crippen LogP contribution in [-0.4, -0.2) is 75.9 Å². The molecule has 0 N–H and O–H groups in total. The molecule has 8 heteroatoms. The van der Waals surface area contributed by atoms with E-state index in [0.29, 0.717) is 6.54 Å². The van der Waals surface area contributed by atoms with Crippen LogP contribution < -0.4 is 0 Å². The summed E-state index contributed by atoms with van der Waals surface area (Å²) in [6.07, 6.45) is 2.36. The number of tetrazole rings is 1. The van der Waals surface area contributed by atoms with Gasteiger partial charge in [-0.1, -0.05) is 29.8 Å². The second kappa shape index (κ2) is 8.00. The van der Waals surface area contributed by atoms with E-state index >= 15 is 0 Å². The van der Waals surface area contributed by atoms with Crippen molar-refractivity contribution < 1.29 is 4.74 Å². The topological polar surface area (TPSA) is 59.3 Å². The summed E-state index contributed by atoms with van der Waals surface area (Å²) in [5, 5.41) is 13.4. The minimum Gasteiger partial charge on any atom is -0.376 e. The number of hydrogen-bond acceptors (Lipinski definition) is 6. The van der Waals surface area contributed by atoms with Crippen LogP contribution in [0.1, 0.15) is 30.3 Å². The number of nitrogens with zero attached hydrogens (tertiary/aromatic N) is 6. The molecule has 2 saturated heterocycles. The summed E-state index contributed by atoms with van der Waals surface area (Å²) in [6, 6.07) is 7.96. The molecule has 0 radical (unpaired) electrons. The van der Waals surface area contributed by atoms with Gasteiger partial charge in [-0.05, 0) is 41.9 Å². The second-order valence-corrected chi connectivity index (χ2v) is 7.52. The van der Waals surface area contributed by atoms with Crippen LogP contribution in [-0.2, 0) is 11.3 Å². The predicted octanol–water partition coefficient (Wildman–Crippen LogP) is 1.84. The summed E-state index contributed by atoms with van der Waals surface area (Å²) in [6.45, 7) is 5.48. The normalized spacial score (nSPS) is 23.4. The lowest BCUT2D eigenvalue weighted by atomic mass is 10.0. The highest BCUT2D eigenvalue weighted by Gasteiger charge is 2.32. The van der Waals surface area contributed by atoms with E-state index in [-0.39, 0.29) is 12.1 Å². The van der Waals surface area contributed by atoms with Gasteiger partial charge in [0.2, 0.25) is 0 Å². The monoisotopic (exact) mass is 376 g/mol. The van der Waals surface area contributed by atoms with Gasteiger partial charge >= 0.3 is 0 Å². The van der Waals surface area contributed by atoms with Gasteiger partial charge in [-0.3, -0.25) is 4.90 Å². The maximum absolute atomic E-state index is 6.57. The Labute approximate surface area is 158 Å². The molecule has 7 nitrogen and oxygen atoms in total. The van der Waals surface area contributed by atoms with E-state index in [1.54, 1.807) is 0 Å². The third-order valence-electron chi connectivity index (χ3n) is 5.31. The first-order chi connectivity index (χ1) is 12.7. The van der Waals surface area contributed by atoms with Crippen molar-refractivity contribution in [2.45, 2.75) is 31.5 Å². The Balaban J connectivity index is 1.67. The smallest absolute Gasteiger partial charge is 0.173 e. The van der Waals surface area contributed by atoms with Gasteiger partial charge in [0.05, 0.1) is 18.7 Å². The molecule has 2 aliphatic rings. The first-order valence-corrected chi connectivity index (χ1v) is 9.65. The molecule has 0 aliphatic carbocycles. The van der Waals surface area contributed by atoms with Crippen molar-refractivity contribution in [2.75, 3.05) is 39.8 Å². The van der Waals surface area contributed by atoms with Gasteiger partial charge < -0.3 is 9.64 Å². The lowest BCUT2D eigenvalue weighted by Crippen LogP contribution is -2.47. The first kappa shape index (κ1) is 17.9. The number of ether oxygens (including phenoxy) is 1. The van der Waals surface area contributed by atoms with Crippen LogP contribution in [0.25, 0.3) is 0 Å². The van der Waals surface area contributed by atoms with E-state index in [1.165, 1.54) is 0 Å². The Morgan fingerprint density at radius 2 is 2.04 bits per heavy atom. The highest BCUT2D eigenvalue weighted by molar-refractivity contribution is 6.31. The van der Waals surface area contributed by atoms with Crippen LogP contribution in [0.3, 0.4) is 0 Å². The zero-order chi connectivity index (χ0) is 17.9. The molecular weight excluding hydrogens is 352 g/mol. The molecule has 0 spiro atoms. The van der Waals surface area contributed by atoms with Crippen LogP contribution in [0.4, 0.5) is 0 Å². The third kappa shape index (κ3) is 3.76. The summed E-state index contributed by atoms with van der Waals surface area (Å²) < 4.78 is 7.69. The van der Waals surface area contributed by atoms with Gasteiger partial charge in [-0.2, -0.15) is 0 Å². The first-order valence-electron chi connectivity index (χ1n) is 9.27. The van der Waals surface area contributed by atoms with Crippen molar-refractivity contribution in [3.8, 4) is 0 Å². The van der Waals surface area contributed by atoms with Gasteiger partial charge in [0.15, 0.2) is 5.82 Å². The summed E-state index contributed by atoms with van der Waals surface area (Å²) >= 11 is 6.57. The fraction of sp³-hybridized carbons (Fsp3) is 0.611. The molecule has 2 fully saturated rings. The van der Waals surface area contributed by atoms with Crippen molar-refractivity contribution >= 4 is 11.6 Å². The quantitative estimate of drug-likeness (QED) is 0.793. The van der Waals surface area contributed by atoms with Crippen LogP contribution >= 0.6 is 11.6 Å². The molecule has 0 bridgehead atoms. The third-order valence-corrected chi connectivity index (χ3v) is 5.65. The van der Waals surface area contributed by atoms with E-state index in [0.717, 1.165) is 62.0 Å². The highest BCUT2D eigenvalue weighted by atomic mass is 35.5. The minimum absolute atomic E-state index is 0.0474. The molecular formula is C18H25ClN6O. The van der Waals surface area contributed by atoms with E-state index in [2.05, 4.69) is 38.4 Å². The molecule has 4 rings (SSSR count). The molecule has 26 heavy (non-hydrogen) atoms. The Morgan fingerprint density at radius 3 is 2.77 bits per heavy atom. The summed E-state index contributed by atoms with van der Waals surface area (Å²) in [5.41, 5.74) is 1.06. The molecule has 0 saturated carbocycles. The molecule has 2 aliphatic heterocycles. The second-order valence-electron chi connectivity index (χ2n) is 7.12. The lowest BCUT2D eigenvalue weighted by molar-refractivity contribution is 0.0879. The molecule has 140 valence electrons. The Bertz CT molecular complexity index is 724. The summed E-state index contributed by atoms with van der Waals surface area (Å²) in [5.74, 6) is 0.846. The highest BCUT2D eigenvalue weighted by Crippen LogP contribution is 2.33. The van der Waals surface area contributed by atoms with Crippen molar-refractivity contribution in [3.05, 3.63) is 40.7 Å². The van der Waals surface area contributed by atoms with Gasteiger partial charge in [0.25, 0.3) is 0 Å². The molecule has 0 amide bonds. The number of hydrogen-bond donors (Lipinski definition) is 0. The minimum atomic E-state index is -0.0474. The number of likely N-dealkylation sites (N-methyl/N-ethyl adjacent to an activating group) is 1. The number of aromatic nitrogens is 4. The zero-order valence-corrected chi connectivity index (χ0v) is 15.8. The van der Waals surface area contributed by atoms with Gasteiger partial charge in [-0.25, -0.2) is 4.68 Å². The molecule has 2 atom stereocenters. The van der Waals surface area contributed by atoms with E-state index in [9.17, 15) is 0 Å². The lowest BCUT2D eigenvalue weighted by Gasteiger charge is -2.37. The van der Waals surface area contributed by atoms with Crippen molar-refractivity contribution in [1.29, 1.82) is 0 Å². The SMILES string of the molecule is CN1CCN([C@@H](c2ccccc2Cl)c2nnnn2C[C@@H]2CCCO2)CC1. The van der Waals surface area contributed by atoms with E-state index in [4.69, 9.17) is 16.3 Å². The standard InChI is InChI=1S/C18H25ClN6O/c1-23-8-10-24(11-9-23)17(15-6-2-3-7-16(15)19)18-20-21-22-25(18)13-14-5-4-12-26-14/h2-3,6-7,14,17H,4-5,8-13H2,1H3/t14-,17-/m0/s1. The van der Waals surface area contributed by atoms with Crippen LogP contribution in [0.5, 0.6) is 0 Å². The molecule has 1 aromatic carbocycles. The molecule has 0 unspecified atom stereocenters. The van der Waals surface area contributed by atoms with Crippen molar-refractivity contribution in [3.63, 3.8) is 0 Å². The van der Waals surface area contributed by atoms with Gasteiger partial charge in [0.1, 0.15) is 0 Å². The molecule has 2 aromatic rings. The largest absolute Gasteiger partial charge is 0.376 e. The number of rotatable bonds is 5. The number of piperazine rings is 1. The zero-order valence-electron chi connectivity index (χ0n) is 15.1. The maximum atomic E-state index is 6.57. The van der Waals surface area contributed by atoms with E-state index < -0.39 is 0 Å². The van der Waals surface area contributed by atoms with Crippen LogP contribution in [0.2, 0.25) is 5.02 Å². The Kier molecular flexibility index (Phi) is 5.49. The van der Waals surface area contributed by atoms with Gasteiger partial charge in [0, 0.05) is 37.8 Å². The van der Waals surface area contributed by atoms with Crippen molar-refractivity contribution in [2.24, 2.45) is 0 Å². The fourth-order valence-electron chi connectivity index (χ4n) is 3.79. The maximum Gasteiger partial charge on any atom is 0.173 e. The van der Waals surface area contributed by atoms with E-state index in [1.807, 2.05) is 22.9 Å². The predicted molar refractivity (Wildman–Crippen MR) is 99.2 cm³/mol. The van der Waals surface area contributed by atoms with Gasteiger partial charge in [-0.15, -0.1) is 5.10 Å². The molecule has 1 aromatic heterocycles. The average Bonchev–Trinajstić information content (AvgIpc) is 3.31. The Morgan fingerprint density at radius 1 is 1.23 bits per heavy atom. The van der Waals surface area contributed by atoms with Crippen LogP contribution in [0, 0.1) is 0 Å². The number of halogens is 1. The average molecular weight is 377 g/mol. The van der Waals surface area contributed by atoms with Crippen LogP contribution in [0.15, 0.2) is 24.3 Å². The fourth-order valence-corrected chi connectivity index (χ4v) is 4.03. The molecule has 3 heterocycles.